The van der Waals surface area contributed by atoms with E-state index in [0.29, 0.717) is 15.6 Å². The molecule has 0 spiro atoms. The van der Waals surface area contributed by atoms with Crippen LogP contribution in [0, 0.1) is 0 Å². The summed E-state index contributed by atoms with van der Waals surface area (Å²) in [5.74, 6) is -0.0476. The van der Waals surface area contributed by atoms with Crippen molar-refractivity contribution in [2.45, 2.75) is 0 Å². The van der Waals surface area contributed by atoms with Gasteiger partial charge >= 0.3 is 0 Å². The van der Waals surface area contributed by atoms with Crippen LogP contribution in [0.4, 0.5) is 5.82 Å². The van der Waals surface area contributed by atoms with E-state index in [9.17, 15) is 4.79 Å². The second kappa shape index (κ2) is 5.75. The largest absolute Gasteiger partial charge is 0.304 e. The number of hydrogen-bond acceptors (Lipinski definition) is 4. The lowest BCUT2D eigenvalue weighted by atomic mass is 10.1. The molecule has 21 heavy (non-hydrogen) atoms. The highest BCUT2D eigenvalue weighted by molar-refractivity contribution is 9.10. The molecule has 1 amide bonds. The maximum Gasteiger partial charge on any atom is 0.275 e. The molecule has 0 unspecified atom stereocenters. The number of nitrogens with one attached hydrogen (secondary N) is 1. The number of hydrogen-bond donors (Lipinski definition) is 1. The van der Waals surface area contributed by atoms with Gasteiger partial charge in [0.2, 0.25) is 0 Å². The van der Waals surface area contributed by atoms with Crippen molar-refractivity contribution in [1.82, 2.24) is 15.0 Å². The van der Waals surface area contributed by atoms with Crippen LogP contribution < -0.4 is 5.32 Å². The summed E-state index contributed by atoms with van der Waals surface area (Å²) in [4.78, 5) is 24.3. The van der Waals surface area contributed by atoms with E-state index < -0.39 is 0 Å². The number of anilines is 1. The van der Waals surface area contributed by atoms with Gasteiger partial charge in [0.1, 0.15) is 15.5 Å². The van der Waals surface area contributed by atoms with Crippen LogP contribution in [0.1, 0.15) is 10.5 Å². The van der Waals surface area contributed by atoms with Gasteiger partial charge in [-0.2, -0.15) is 0 Å². The second-order valence-corrected chi connectivity index (χ2v) is 5.37. The third-order valence-corrected chi connectivity index (χ3v) is 3.49. The van der Waals surface area contributed by atoms with Gasteiger partial charge in [0.15, 0.2) is 5.82 Å². The maximum absolute atomic E-state index is 12.2. The molecule has 1 N–H and O–H groups in total. The molecule has 2 aromatic heterocycles. The van der Waals surface area contributed by atoms with Gasteiger partial charge in [-0.25, -0.2) is 15.0 Å². The third kappa shape index (κ3) is 3.01. The number of rotatable bonds is 2. The van der Waals surface area contributed by atoms with Crippen LogP contribution in [0.2, 0.25) is 5.15 Å². The van der Waals surface area contributed by atoms with Crippen LogP contribution in [-0.4, -0.2) is 20.9 Å². The Kier molecular flexibility index (Phi) is 3.81. The van der Waals surface area contributed by atoms with Gasteiger partial charge < -0.3 is 5.32 Å². The van der Waals surface area contributed by atoms with Crippen molar-refractivity contribution in [3.63, 3.8) is 0 Å². The Labute approximate surface area is 133 Å². The first-order valence-corrected chi connectivity index (χ1v) is 7.15. The van der Waals surface area contributed by atoms with Crippen LogP contribution in [-0.2, 0) is 0 Å². The third-order valence-electron chi connectivity index (χ3n) is 2.79. The minimum absolute atomic E-state index is 0.225. The molecule has 3 rings (SSSR count). The van der Waals surface area contributed by atoms with Crippen LogP contribution in [0.3, 0.4) is 0 Å². The molecule has 0 aliphatic heterocycles. The van der Waals surface area contributed by atoms with Crippen molar-refractivity contribution >= 4 is 50.0 Å². The fraction of sp³-hybridized carbons (Fsp3) is 0. The molecule has 104 valence electrons. The fourth-order valence-corrected chi connectivity index (χ4v) is 2.30. The van der Waals surface area contributed by atoms with E-state index in [1.165, 1.54) is 12.4 Å². The van der Waals surface area contributed by atoms with Crippen molar-refractivity contribution in [2.75, 3.05) is 5.32 Å². The highest BCUT2D eigenvalue weighted by atomic mass is 79.9. The molecule has 5 nitrogen and oxygen atoms in total. The van der Waals surface area contributed by atoms with Crippen LogP contribution in [0.5, 0.6) is 0 Å². The Bertz CT molecular complexity index is 823. The minimum Gasteiger partial charge on any atom is -0.304 e. The number of pyridine rings is 1. The molecule has 0 saturated carbocycles. The minimum atomic E-state index is -0.390. The monoisotopic (exact) mass is 362 g/mol. The first-order chi connectivity index (χ1) is 10.1. The van der Waals surface area contributed by atoms with E-state index in [1.54, 1.807) is 6.07 Å². The van der Waals surface area contributed by atoms with Gasteiger partial charge in [0, 0.05) is 5.39 Å². The van der Waals surface area contributed by atoms with E-state index in [-0.39, 0.29) is 11.6 Å². The van der Waals surface area contributed by atoms with E-state index in [0.717, 1.165) is 10.8 Å². The summed E-state index contributed by atoms with van der Waals surface area (Å²) in [5.41, 5.74) is 0.225. The summed E-state index contributed by atoms with van der Waals surface area (Å²) in [6.45, 7) is 0. The first kappa shape index (κ1) is 13.9. The van der Waals surface area contributed by atoms with Gasteiger partial charge in [-0.15, -0.1) is 0 Å². The van der Waals surface area contributed by atoms with Crippen molar-refractivity contribution in [1.29, 1.82) is 0 Å². The quantitative estimate of drug-likeness (QED) is 0.705. The molecule has 7 heteroatoms. The van der Waals surface area contributed by atoms with Gasteiger partial charge in [0.25, 0.3) is 5.91 Å². The molecule has 0 fully saturated rings. The average molecular weight is 364 g/mol. The normalized spacial score (nSPS) is 10.6. The summed E-state index contributed by atoms with van der Waals surface area (Å²) >= 11 is 9.28. The molecule has 0 saturated heterocycles. The average Bonchev–Trinajstić information content (AvgIpc) is 2.49. The highest BCUT2D eigenvalue weighted by Gasteiger charge is 2.12. The molecule has 0 radical (unpaired) electrons. The number of carbonyl (C=O) groups excluding carboxylic acids is 1. The number of aromatic nitrogens is 3. The lowest BCUT2D eigenvalue weighted by Gasteiger charge is -2.06. The summed E-state index contributed by atoms with van der Waals surface area (Å²) in [5, 5.41) is 4.57. The molecule has 0 aliphatic rings. The number of halogens is 2. The summed E-state index contributed by atoms with van der Waals surface area (Å²) in [6, 6.07) is 9.15. The van der Waals surface area contributed by atoms with E-state index in [4.69, 9.17) is 11.6 Å². The highest BCUT2D eigenvalue weighted by Crippen LogP contribution is 2.22. The zero-order chi connectivity index (χ0) is 14.8. The van der Waals surface area contributed by atoms with Crippen molar-refractivity contribution < 1.29 is 4.79 Å². The molecular weight excluding hydrogens is 356 g/mol. The van der Waals surface area contributed by atoms with E-state index in [2.05, 4.69) is 36.2 Å². The van der Waals surface area contributed by atoms with E-state index in [1.807, 2.05) is 24.3 Å². The maximum atomic E-state index is 12.2. The standard InChI is InChI=1S/C14H8BrClN4O/c15-11-6-18-12(7-17-11)20-14(21)10-5-8-3-1-2-4-9(8)13(16)19-10/h1-7H,(H,18,20,21). The van der Waals surface area contributed by atoms with Gasteiger partial charge in [-0.1, -0.05) is 35.9 Å². The molecule has 0 aliphatic carbocycles. The SMILES string of the molecule is O=C(Nc1cnc(Br)cn1)c1cc2ccccc2c(Cl)n1. The van der Waals surface area contributed by atoms with Crippen molar-refractivity contribution in [3.05, 3.63) is 58.2 Å². The molecule has 3 aromatic rings. The molecule has 0 bridgehead atoms. The summed E-state index contributed by atoms with van der Waals surface area (Å²) in [7, 11) is 0. The van der Waals surface area contributed by atoms with Crippen molar-refractivity contribution in [2.24, 2.45) is 0 Å². The van der Waals surface area contributed by atoms with Gasteiger partial charge in [-0.3, -0.25) is 4.79 Å². The Morgan fingerprint density at radius 1 is 1.19 bits per heavy atom. The first-order valence-electron chi connectivity index (χ1n) is 5.97. The van der Waals surface area contributed by atoms with Crippen molar-refractivity contribution in [3.8, 4) is 0 Å². The number of carbonyl (C=O) groups is 1. The summed E-state index contributed by atoms with van der Waals surface area (Å²) < 4.78 is 0.590. The lowest BCUT2D eigenvalue weighted by Crippen LogP contribution is -2.15. The van der Waals surface area contributed by atoms with E-state index >= 15 is 0 Å². The zero-order valence-electron chi connectivity index (χ0n) is 10.5. The Morgan fingerprint density at radius 3 is 2.76 bits per heavy atom. The van der Waals surface area contributed by atoms with Crippen LogP contribution in [0.15, 0.2) is 47.3 Å². The molecule has 0 atom stereocenters. The predicted octanol–water partition coefficient (Wildman–Crippen LogP) is 3.69. The Morgan fingerprint density at radius 2 is 2.00 bits per heavy atom. The predicted molar refractivity (Wildman–Crippen MR) is 84.4 cm³/mol. The lowest BCUT2D eigenvalue weighted by molar-refractivity contribution is 0.102. The number of fused-ring (bicyclic) bond motifs is 1. The Balaban J connectivity index is 1.92. The Hall–Kier alpha value is -2.05. The number of amides is 1. The molecule has 1 aromatic carbocycles. The zero-order valence-corrected chi connectivity index (χ0v) is 12.9. The fourth-order valence-electron chi connectivity index (χ4n) is 1.83. The summed E-state index contributed by atoms with van der Waals surface area (Å²) in [6.07, 6.45) is 2.95. The van der Waals surface area contributed by atoms with Crippen LogP contribution >= 0.6 is 27.5 Å². The van der Waals surface area contributed by atoms with Gasteiger partial charge in [-0.05, 0) is 27.4 Å². The van der Waals surface area contributed by atoms with Crippen LogP contribution in [0.25, 0.3) is 10.8 Å². The molecule has 2 heterocycles. The number of nitrogens with zero attached hydrogens (tertiary/aromatic N) is 3. The molecular formula is C14H8BrClN4O. The van der Waals surface area contributed by atoms with Gasteiger partial charge in [0.05, 0.1) is 12.4 Å². The second-order valence-electron chi connectivity index (χ2n) is 4.20. The topological polar surface area (TPSA) is 67.8 Å². The smallest absolute Gasteiger partial charge is 0.275 e. The number of benzene rings is 1.